The predicted molar refractivity (Wildman–Crippen MR) is 76.9 cm³/mol. The van der Waals surface area contributed by atoms with Crippen LogP contribution in [0.2, 0.25) is 0 Å². The smallest absolute Gasteiger partial charge is 0.255 e. The second-order valence-corrected chi connectivity index (χ2v) is 5.91. The minimum Gasteiger partial charge on any atom is -0.354 e. The minimum absolute atomic E-state index is 0.255. The Labute approximate surface area is 124 Å². The molecule has 3 rings (SSSR count). The van der Waals surface area contributed by atoms with Gasteiger partial charge in [-0.3, -0.25) is 4.79 Å². The molecule has 0 spiro atoms. The third-order valence-corrected chi connectivity index (χ3v) is 4.58. The maximum atomic E-state index is 12.1. The molecule has 0 bridgehead atoms. The summed E-state index contributed by atoms with van der Waals surface area (Å²) in [4.78, 5) is 22.2. The number of rotatable bonds is 4. The molecule has 1 amide bonds. The van der Waals surface area contributed by atoms with E-state index in [0.717, 1.165) is 21.6 Å². The van der Waals surface area contributed by atoms with Gasteiger partial charge in [0, 0.05) is 13.1 Å². The van der Waals surface area contributed by atoms with Crippen molar-refractivity contribution in [2.45, 2.75) is 13.3 Å². The van der Waals surface area contributed by atoms with E-state index in [1.165, 1.54) is 6.33 Å². The number of anilines is 1. The molecule has 2 aromatic heterocycles. The summed E-state index contributed by atoms with van der Waals surface area (Å²) < 4.78 is 25.1. The number of aryl methyl sites for hydroxylation is 1. The molecule has 1 aliphatic rings. The zero-order valence-electron chi connectivity index (χ0n) is 11.3. The first-order chi connectivity index (χ1) is 10.1. The van der Waals surface area contributed by atoms with Gasteiger partial charge >= 0.3 is 0 Å². The molecular weight excluding hydrogens is 298 g/mol. The first kappa shape index (κ1) is 14.1. The molecule has 0 unspecified atom stereocenters. The standard InChI is InChI=1S/C13H14F2N4OS/c1-7-5-21-11-10(7)17-6-18-12(11)19-3-8(4-19)13(20)16-2-9(14)15/h5-6,8-9H,2-4H2,1H3,(H,16,20). The van der Waals surface area contributed by atoms with Gasteiger partial charge in [0.2, 0.25) is 5.91 Å². The number of thiophene rings is 1. The van der Waals surface area contributed by atoms with E-state index in [2.05, 4.69) is 15.3 Å². The quantitative estimate of drug-likeness (QED) is 0.935. The number of hydrogen-bond donors (Lipinski definition) is 1. The number of carbonyl (C=O) groups excluding carboxylic acids is 1. The van der Waals surface area contributed by atoms with Gasteiger partial charge in [0.25, 0.3) is 6.43 Å². The molecule has 0 atom stereocenters. The zero-order valence-corrected chi connectivity index (χ0v) is 12.2. The van der Waals surface area contributed by atoms with Crippen LogP contribution in [0.3, 0.4) is 0 Å². The molecular formula is C13H14F2N4OS. The Hall–Kier alpha value is -1.83. The third kappa shape index (κ3) is 2.67. The number of halogens is 2. The van der Waals surface area contributed by atoms with E-state index in [0.29, 0.717) is 13.1 Å². The lowest BCUT2D eigenvalue weighted by atomic mass is 9.99. The van der Waals surface area contributed by atoms with E-state index in [-0.39, 0.29) is 11.8 Å². The number of fused-ring (bicyclic) bond motifs is 1. The molecule has 21 heavy (non-hydrogen) atoms. The van der Waals surface area contributed by atoms with Crippen LogP contribution in [-0.4, -0.2) is 41.9 Å². The van der Waals surface area contributed by atoms with Crippen LogP contribution in [0.5, 0.6) is 0 Å². The normalized spacial score (nSPS) is 15.5. The molecule has 0 aromatic carbocycles. The maximum absolute atomic E-state index is 12.1. The summed E-state index contributed by atoms with van der Waals surface area (Å²) in [6.07, 6.45) is -0.998. The first-order valence-electron chi connectivity index (χ1n) is 6.56. The molecule has 2 aromatic rings. The Morgan fingerprint density at radius 3 is 3.00 bits per heavy atom. The van der Waals surface area contributed by atoms with Gasteiger partial charge in [-0.15, -0.1) is 11.3 Å². The van der Waals surface area contributed by atoms with Crippen LogP contribution in [0.4, 0.5) is 14.6 Å². The predicted octanol–water partition coefficient (Wildman–Crippen LogP) is 1.82. The highest BCUT2D eigenvalue weighted by molar-refractivity contribution is 7.18. The fourth-order valence-corrected chi connectivity index (χ4v) is 3.34. The summed E-state index contributed by atoms with van der Waals surface area (Å²) in [5.74, 6) is 0.241. The Morgan fingerprint density at radius 2 is 2.29 bits per heavy atom. The van der Waals surface area contributed by atoms with Crippen molar-refractivity contribution in [3.8, 4) is 0 Å². The lowest BCUT2D eigenvalue weighted by molar-refractivity contribution is -0.126. The molecule has 1 fully saturated rings. The van der Waals surface area contributed by atoms with Gasteiger partial charge < -0.3 is 10.2 Å². The second kappa shape index (κ2) is 5.51. The largest absolute Gasteiger partial charge is 0.354 e. The van der Waals surface area contributed by atoms with E-state index in [4.69, 9.17) is 0 Å². The average Bonchev–Trinajstić information content (AvgIpc) is 2.78. The van der Waals surface area contributed by atoms with Gasteiger partial charge in [-0.05, 0) is 17.9 Å². The van der Waals surface area contributed by atoms with Gasteiger partial charge in [0.05, 0.1) is 22.7 Å². The second-order valence-electron chi connectivity index (χ2n) is 5.03. The fourth-order valence-electron chi connectivity index (χ4n) is 2.32. The molecule has 0 aliphatic carbocycles. The lowest BCUT2D eigenvalue weighted by Gasteiger charge is -2.39. The number of nitrogens with one attached hydrogen (secondary N) is 1. The van der Waals surface area contributed by atoms with Gasteiger partial charge in [-0.2, -0.15) is 0 Å². The number of hydrogen-bond acceptors (Lipinski definition) is 5. The number of alkyl halides is 2. The summed E-state index contributed by atoms with van der Waals surface area (Å²) in [5, 5.41) is 4.27. The molecule has 112 valence electrons. The summed E-state index contributed by atoms with van der Waals surface area (Å²) in [6, 6.07) is 0. The molecule has 1 N–H and O–H groups in total. The SMILES string of the molecule is Cc1csc2c(N3CC(C(=O)NCC(F)F)C3)ncnc12. The highest BCUT2D eigenvalue weighted by Crippen LogP contribution is 2.34. The highest BCUT2D eigenvalue weighted by atomic mass is 32.1. The highest BCUT2D eigenvalue weighted by Gasteiger charge is 2.34. The van der Waals surface area contributed by atoms with Crippen molar-refractivity contribution in [1.82, 2.24) is 15.3 Å². The molecule has 0 radical (unpaired) electrons. The number of amides is 1. The maximum Gasteiger partial charge on any atom is 0.255 e. The fraction of sp³-hybridized carbons (Fsp3) is 0.462. The first-order valence-corrected chi connectivity index (χ1v) is 7.44. The number of carbonyl (C=O) groups is 1. The van der Waals surface area contributed by atoms with E-state index in [9.17, 15) is 13.6 Å². The Balaban J connectivity index is 1.66. The zero-order chi connectivity index (χ0) is 15.0. The van der Waals surface area contributed by atoms with E-state index in [1.54, 1.807) is 11.3 Å². The Morgan fingerprint density at radius 1 is 1.52 bits per heavy atom. The van der Waals surface area contributed by atoms with Crippen molar-refractivity contribution in [2.24, 2.45) is 5.92 Å². The van der Waals surface area contributed by atoms with Gasteiger partial charge in [0.1, 0.15) is 12.1 Å². The van der Waals surface area contributed by atoms with Crippen LogP contribution in [0.1, 0.15) is 5.56 Å². The molecule has 0 saturated carbocycles. The summed E-state index contributed by atoms with van der Waals surface area (Å²) in [5.41, 5.74) is 2.03. The average molecular weight is 312 g/mol. The molecule has 5 nitrogen and oxygen atoms in total. The Bertz CT molecular complexity index is 669. The lowest BCUT2D eigenvalue weighted by Crippen LogP contribution is -2.54. The van der Waals surface area contributed by atoms with Crippen LogP contribution in [0.15, 0.2) is 11.7 Å². The third-order valence-electron chi connectivity index (χ3n) is 3.49. The van der Waals surface area contributed by atoms with Crippen molar-refractivity contribution >= 4 is 33.3 Å². The van der Waals surface area contributed by atoms with Crippen molar-refractivity contribution in [3.63, 3.8) is 0 Å². The monoisotopic (exact) mass is 312 g/mol. The summed E-state index contributed by atoms with van der Waals surface area (Å²) >= 11 is 1.58. The van der Waals surface area contributed by atoms with Crippen molar-refractivity contribution in [3.05, 3.63) is 17.3 Å². The molecule has 8 heteroatoms. The van der Waals surface area contributed by atoms with E-state index in [1.807, 2.05) is 17.2 Å². The molecule has 1 saturated heterocycles. The van der Waals surface area contributed by atoms with Crippen LogP contribution < -0.4 is 10.2 Å². The van der Waals surface area contributed by atoms with Crippen LogP contribution in [-0.2, 0) is 4.79 Å². The van der Waals surface area contributed by atoms with Crippen LogP contribution >= 0.6 is 11.3 Å². The van der Waals surface area contributed by atoms with Gasteiger partial charge in [-0.25, -0.2) is 18.7 Å². The van der Waals surface area contributed by atoms with Crippen molar-refractivity contribution < 1.29 is 13.6 Å². The van der Waals surface area contributed by atoms with Crippen LogP contribution in [0, 0.1) is 12.8 Å². The topological polar surface area (TPSA) is 58.1 Å². The molecule has 1 aliphatic heterocycles. The van der Waals surface area contributed by atoms with Gasteiger partial charge in [-0.1, -0.05) is 0 Å². The minimum atomic E-state index is -2.51. The van der Waals surface area contributed by atoms with E-state index >= 15 is 0 Å². The van der Waals surface area contributed by atoms with Crippen molar-refractivity contribution in [1.29, 1.82) is 0 Å². The molecule has 3 heterocycles. The van der Waals surface area contributed by atoms with Crippen LogP contribution in [0.25, 0.3) is 10.2 Å². The Kier molecular flexibility index (Phi) is 3.71. The summed E-state index contributed by atoms with van der Waals surface area (Å²) in [7, 11) is 0. The van der Waals surface area contributed by atoms with Gasteiger partial charge in [0.15, 0.2) is 0 Å². The van der Waals surface area contributed by atoms with E-state index < -0.39 is 13.0 Å². The van der Waals surface area contributed by atoms with Crippen molar-refractivity contribution in [2.75, 3.05) is 24.5 Å². The number of aromatic nitrogens is 2. The summed E-state index contributed by atoms with van der Waals surface area (Å²) in [6.45, 7) is 2.40. The number of nitrogens with zero attached hydrogens (tertiary/aromatic N) is 3.